The lowest BCUT2D eigenvalue weighted by Crippen LogP contribution is -2.06. The summed E-state index contributed by atoms with van der Waals surface area (Å²) in [6.45, 7) is 0. The first-order valence-electron chi connectivity index (χ1n) is 5.53. The van der Waals surface area contributed by atoms with Gasteiger partial charge in [-0.3, -0.25) is 4.84 Å². The van der Waals surface area contributed by atoms with Crippen molar-refractivity contribution in [2.75, 3.05) is 18.8 Å². The average Bonchev–Trinajstić information content (AvgIpc) is 2.40. The summed E-state index contributed by atoms with van der Waals surface area (Å²) in [7, 11) is 1.30. The fraction of sp³-hybridized carbons (Fsp3) is 0.167. The fourth-order valence-corrected chi connectivity index (χ4v) is 2.36. The monoisotopic (exact) mass is 335 g/mol. The van der Waals surface area contributed by atoms with E-state index in [1.54, 1.807) is 6.26 Å². The van der Waals surface area contributed by atoms with Gasteiger partial charge in [0.2, 0.25) is 0 Å². The van der Waals surface area contributed by atoms with Gasteiger partial charge in [0.05, 0.1) is 18.2 Å². The number of anilines is 1. The summed E-state index contributed by atoms with van der Waals surface area (Å²) in [5.74, 6) is -3.29. The van der Waals surface area contributed by atoms with Crippen molar-refractivity contribution in [1.82, 2.24) is 9.97 Å². The average molecular weight is 336 g/mol. The topological polar surface area (TPSA) is 47.0 Å². The van der Waals surface area contributed by atoms with Crippen LogP contribution in [0.2, 0.25) is 5.15 Å². The van der Waals surface area contributed by atoms with Crippen molar-refractivity contribution >= 4 is 29.2 Å². The van der Waals surface area contributed by atoms with Crippen LogP contribution in [0, 0.1) is 17.5 Å². The van der Waals surface area contributed by atoms with Crippen molar-refractivity contribution < 1.29 is 18.0 Å². The highest BCUT2D eigenvalue weighted by atomic mass is 35.5. The molecule has 1 aromatic heterocycles. The first kappa shape index (κ1) is 15.9. The summed E-state index contributed by atoms with van der Waals surface area (Å²) in [6, 6.07) is 1.10. The number of hydrogen-bond acceptors (Lipinski definition) is 5. The lowest BCUT2D eigenvalue weighted by molar-refractivity contribution is 0.269. The molecule has 0 radical (unpaired) electrons. The molecule has 2 aromatic rings. The lowest BCUT2D eigenvalue weighted by Gasteiger charge is -2.13. The zero-order chi connectivity index (χ0) is 15.6. The van der Waals surface area contributed by atoms with Crippen LogP contribution in [0.3, 0.4) is 0 Å². The van der Waals surface area contributed by atoms with Gasteiger partial charge in [0, 0.05) is 12.1 Å². The molecule has 2 rings (SSSR count). The van der Waals surface area contributed by atoms with Crippen LogP contribution in [0.5, 0.6) is 0 Å². The van der Waals surface area contributed by atoms with Crippen LogP contribution >= 0.6 is 23.4 Å². The Bertz CT molecular complexity index is 664. The van der Waals surface area contributed by atoms with Gasteiger partial charge in [-0.2, -0.15) is 0 Å². The maximum absolute atomic E-state index is 13.9. The zero-order valence-corrected chi connectivity index (χ0v) is 12.4. The maximum atomic E-state index is 13.9. The highest BCUT2D eigenvalue weighted by Gasteiger charge is 2.22. The van der Waals surface area contributed by atoms with E-state index >= 15 is 0 Å². The van der Waals surface area contributed by atoms with Crippen LogP contribution in [0.1, 0.15) is 0 Å². The van der Waals surface area contributed by atoms with Crippen molar-refractivity contribution in [1.29, 1.82) is 0 Å². The number of benzene rings is 1. The Labute approximate surface area is 127 Å². The van der Waals surface area contributed by atoms with Crippen molar-refractivity contribution in [2.24, 2.45) is 0 Å². The molecule has 0 aliphatic carbocycles. The van der Waals surface area contributed by atoms with Crippen molar-refractivity contribution in [3.05, 3.63) is 34.7 Å². The molecule has 4 nitrogen and oxygen atoms in total. The smallest absolute Gasteiger partial charge is 0.190 e. The van der Waals surface area contributed by atoms with Gasteiger partial charge in [-0.1, -0.05) is 23.4 Å². The molecular weight excluding hydrogens is 327 g/mol. The molecule has 0 aliphatic heterocycles. The third-order valence-corrected chi connectivity index (χ3v) is 3.30. The highest BCUT2D eigenvalue weighted by molar-refractivity contribution is 7.98. The summed E-state index contributed by atoms with van der Waals surface area (Å²) in [4.78, 5) is 12.7. The Morgan fingerprint density at radius 3 is 2.29 bits per heavy atom. The Hall–Kier alpha value is -1.51. The van der Waals surface area contributed by atoms with Crippen LogP contribution in [-0.4, -0.2) is 23.3 Å². The molecule has 0 spiro atoms. The summed E-state index contributed by atoms with van der Waals surface area (Å²) in [6.07, 6.45) is 1.71. The molecule has 1 heterocycles. The molecule has 21 heavy (non-hydrogen) atoms. The van der Waals surface area contributed by atoms with Gasteiger partial charge in [-0.05, 0) is 6.26 Å². The minimum Gasteiger partial charge on any atom is -0.278 e. The number of thioether (sulfide) groups is 1. The standard InChI is InChI=1S/C12H9ClF3N3OS/c1-20-19-11-9(10(13)17-12(18-11)21-2)8-6(15)3-5(14)4-7(8)16/h3-4H,1-2H3,(H,17,18,19). The van der Waals surface area contributed by atoms with Gasteiger partial charge >= 0.3 is 0 Å². The normalized spacial score (nSPS) is 10.8. The molecule has 0 saturated carbocycles. The quantitative estimate of drug-likeness (QED) is 0.397. The lowest BCUT2D eigenvalue weighted by atomic mass is 10.1. The Morgan fingerprint density at radius 2 is 1.76 bits per heavy atom. The largest absolute Gasteiger partial charge is 0.278 e. The van der Waals surface area contributed by atoms with Crippen LogP contribution in [0.25, 0.3) is 11.1 Å². The second kappa shape index (κ2) is 6.50. The van der Waals surface area contributed by atoms with E-state index in [4.69, 9.17) is 16.4 Å². The number of rotatable bonds is 4. The second-order valence-corrected chi connectivity index (χ2v) is 4.91. The molecule has 1 aromatic carbocycles. The summed E-state index contributed by atoms with van der Waals surface area (Å²) < 4.78 is 40.8. The molecule has 0 atom stereocenters. The van der Waals surface area contributed by atoms with Gasteiger partial charge in [-0.15, -0.1) is 0 Å². The van der Waals surface area contributed by atoms with E-state index in [2.05, 4.69) is 15.4 Å². The van der Waals surface area contributed by atoms with Gasteiger partial charge in [0.1, 0.15) is 22.6 Å². The van der Waals surface area contributed by atoms with Gasteiger partial charge in [-0.25, -0.2) is 28.6 Å². The summed E-state index contributed by atoms with van der Waals surface area (Å²) >= 11 is 7.17. The van der Waals surface area contributed by atoms with Gasteiger partial charge in [0.15, 0.2) is 11.0 Å². The van der Waals surface area contributed by atoms with Crippen LogP contribution in [-0.2, 0) is 4.84 Å². The molecule has 0 saturated heterocycles. The third-order valence-electron chi connectivity index (χ3n) is 2.48. The maximum Gasteiger partial charge on any atom is 0.190 e. The minimum atomic E-state index is -1.12. The summed E-state index contributed by atoms with van der Waals surface area (Å²) in [5, 5.41) is 0.101. The molecule has 112 valence electrons. The highest BCUT2D eigenvalue weighted by Crippen LogP contribution is 2.37. The van der Waals surface area contributed by atoms with E-state index in [1.807, 2.05) is 0 Å². The van der Waals surface area contributed by atoms with Crippen LogP contribution in [0.15, 0.2) is 17.3 Å². The minimum absolute atomic E-state index is 0.0220. The first-order valence-corrected chi connectivity index (χ1v) is 7.13. The Balaban J connectivity index is 2.74. The molecule has 0 aliphatic rings. The number of aromatic nitrogens is 2. The van der Waals surface area contributed by atoms with Crippen molar-refractivity contribution in [3.8, 4) is 11.1 Å². The molecular formula is C12H9ClF3N3OS. The predicted octanol–water partition coefficient (Wildman–Crippen LogP) is 3.91. The van der Waals surface area contributed by atoms with E-state index in [9.17, 15) is 13.2 Å². The molecule has 0 amide bonds. The first-order chi connectivity index (χ1) is 9.97. The molecule has 0 unspecified atom stereocenters. The number of nitrogens with zero attached hydrogens (tertiary/aromatic N) is 2. The van der Waals surface area contributed by atoms with Crippen LogP contribution in [0.4, 0.5) is 19.0 Å². The molecule has 0 fully saturated rings. The van der Waals surface area contributed by atoms with Crippen molar-refractivity contribution in [3.63, 3.8) is 0 Å². The number of halogens is 4. The van der Waals surface area contributed by atoms with E-state index in [0.29, 0.717) is 12.1 Å². The summed E-state index contributed by atoms with van der Waals surface area (Å²) in [5.41, 5.74) is 1.70. The fourth-order valence-electron chi connectivity index (χ4n) is 1.68. The molecule has 9 heteroatoms. The predicted molar refractivity (Wildman–Crippen MR) is 74.8 cm³/mol. The van der Waals surface area contributed by atoms with E-state index < -0.39 is 23.0 Å². The van der Waals surface area contributed by atoms with E-state index in [1.165, 1.54) is 18.9 Å². The molecule has 1 N–H and O–H groups in total. The van der Waals surface area contributed by atoms with Crippen molar-refractivity contribution in [2.45, 2.75) is 5.16 Å². The van der Waals surface area contributed by atoms with E-state index in [-0.39, 0.29) is 21.7 Å². The SMILES string of the molecule is CONc1nc(SC)nc(Cl)c1-c1c(F)cc(F)cc1F. The van der Waals surface area contributed by atoms with Gasteiger partial charge < -0.3 is 0 Å². The van der Waals surface area contributed by atoms with E-state index in [0.717, 1.165) is 0 Å². The molecule has 0 bridgehead atoms. The number of hydrogen-bond donors (Lipinski definition) is 1. The Kier molecular flexibility index (Phi) is 4.92. The second-order valence-electron chi connectivity index (χ2n) is 3.78. The van der Waals surface area contributed by atoms with Crippen LogP contribution < -0.4 is 5.48 Å². The Morgan fingerprint density at radius 1 is 1.14 bits per heavy atom. The number of nitrogens with one attached hydrogen (secondary N) is 1. The zero-order valence-electron chi connectivity index (χ0n) is 10.9. The third kappa shape index (κ3) is 3.22. The van der Waals surface area contributed by atoms with Gasteiger partial charge in [0.25, 0.3) is 0 Å².